The number of halogens is 3. The smallest absolute Gasteiger partial charge is 0.219 e. The summed E-state index contributed by atoms with van der Waals surface area (Å²) in [6.45, 7) is 4.75. The second-order valence-electron chi connectivity index (χ2n) is 2.53. The van der Waals surface area contributed by atoms with E-state index in [1.807, 2.05) is 0 Å². The maximum atomic E-state index is 12.0. The monoisotopic (exact) mass is 228 g/mol. The van der Waals surface area contributed by atoms with Crippen LogP contribution in [-0.4, -0.2) is 19.2 Å². The lowest BCUT2D eigenvalue weighted by Gasteiger charge is -2.12. The minimum atomic E-state index is -5.23. The van der Waals surface area contributed by atoms with Crippen LogP contribution in [-0.2, 0) is 9.84 Å². The van der Waals surface area contributed by atoms with Gasteiger partial charge in [-0.15, -0.1) is 6.58 Å². The van der Waals surface area contributed by atoms with Gasteiger partial charge in [0.2, 0.25) is 0 Å². The van der Waals surface area contributed by atoms with Crippen LogP contribution in [0.2, 0.25) is 0 Å². The molecule has 0 amide bonds. The molecule has 0 N–H and O–H groups in total. The highest BCUT2D eigenvalue weighted by Crippen LogP contribution is 2.28. The molecule has 0 radical (unpaired) electrons. The highest BCUT2D eigenvalue weighted by atomic mass is 32.2. The topological polar surface area (TPSA) is 34.1 Å². The third kappa shape index (κ3) is 2.87. The normalized spacial score (nSPS) is 15.7. The molecule has 0 fully saturated rings. The molecular weight excluding hydrogens is 217 g/mol. The van der Waals surface area contributed by atoms with Gasteiger partial charge in [0.1, 0.15) is 5.25 Å². The summed E-state index contributed by atoms with van der Waals surface area (Å²) in [5.74, 6) is 0. The molecule has 0 aliphatic carbocycles. The third-order valence-electron chi connectivity index (χ3n) is 1.47. The highest BCUT2D eigenvalue weighted by molar-refractivity contribution is 7.93. The fourth-order valence-corrected chi connectivity index (χ4v) is 1.61. The predicted molar refractivity (Wildman–Crippen MR) is 48.4 cm³/mol. The first-order valence-corrected chi connectivity index (χ1v) is 5.41. The Kier molecular flexibility index (Phi) is 4.38. The maximum absolute atomic E-state index is 12.0. The summed E-state index contributed by atoms with van der Waals surface area (Å²) in [5.41, 5.74) is -5.23. The molecule has 0 saturated heterocycles. The van der Waals surface area contributed by atoms with Crippen LogP contribution in [0.3, 0.4) is 0 Å². The fourth-order valence-electron chi connectivity index (χ4n) is 0.733. The summed E-state index contributed by atoms with van der Waals surface area (Å²) in [6.07, 6.45) is 3.57. The van der Waals surface area contributed by atoms with Crippen molar-refractivity contribution < 1.29 is 21.6 Å². The van der Waals surface area contributed by atoms with Crippen LogP contribution in [0.5, 0.6) is 0 Å². The standard InChI is InChI=1S/C8H11F3O2S/c1-3-5-6-7(4-2)14(12,13)8(9,10)11/h4-7H,2-3H2,1H3/b6-5-/t7-/m1/s1. The Morgan fingerprint density at radius 3 is 2.21 bits per heavy atom. The quantitative estimate of drug-likeness (QED) is 0.692. The van der Waals surface area contributed by atoms with Crippen molar-refractivity contribution in [1.29, 1.82) is 0 Å². The second-order valence-corrected chi connectivity index (χ2v) is 4.62. The molecule has 0 aromatic heterocycles. The molecule has 2 nitrogen and oxygen atoms in total. The van der Waals surface area contributed by atoms with Crippen LogP contribution in [0.4, 0.5) is 13.2 Å². The van der Waals surface area contributed by atoms with Gasteiger partial charge in [-0.25, -0.2) is 8.42 Å². The molecule has 0 spiro atoms. The SMILES string of the molecule is C=C[C@H](/C=C\CC)S(=O)(=O)C(F)(F)F. The lowest BCUT2D eigenvalue weighted by atomic mass is 10.3. The minimum Gasteiger partial charge on any atom is -0.219 e. The Labute approximate surface area is 81.0 Å². The molecule has 0 aromatic carbocycles. The van der Waals surface area contributed by atoms with Crippen LogP contribution in [0, 0.1) is 0 Å². The van der Waals surface area contributed by atoms with Crippen molar-refractivity contribution in [3.05, 3.63) is 24.8 Å². The van der Waals surface area contributed by atoms with Crippen molar-refractivity contribution in [1.82, 2.24) is 0 Å². The first-order valence-electron chi connectivity index (χ1n) is 3.86. The fraction of sp³-hybridized carbons (Fsp3) is 0.500. The number of rotatable bonds is 4. The summed E-state index contributed by atoms with van der Waals surface area (Å²) < 4.78 is 57.8. The van der Waals surface area contributed by atoms with Crippen molar-refractivity contribution in [3.63, 3.8) is 0 Å². The summed E-state index contributed by atoms with van der Waals surface area (Å²) in [6, 6.07) is 0. The predicted octanol–water partition coefficient (Wildman–Crippen LogP) is 2.44. The van der Waals surface area contributed by atoms with Crippen LogP contribution in [0.25, 0.3) is 0 Å². The molecule has 0 aromatic rings. The zero-order valence-corrected chi connectivity index (χ0v) is 8.40. The molecule has 0 unspecified atom stereocenters. The molecule has 14 heavy (non-hydrogen) atoms. The van der Waals surface area contributed by atoms with Crippen LogP contribution in [0.1, 0.15) is 13.3 Å². The van der Waals surface area contributed by atoms with E-state index in [9.17, 15) is 21.6 Å². The Hall–Kier alpha value is -0.780. The summed E-state index contributed by atoms with van der Waals surface area (Å²) >= 11 is 0. The lowest BCUT2D eigenvalue weighted by Crippen LogP contribution is -2.31. The molecule has 1 atom stereocenters. The van der Waals surface area contributed by atoms with Gasteiger partial charge in [0.05, 0.1) is 0 Å². The zero-order valence-electron chi connectivity index (χ0n) is 7.58. The van der Waals surface area contributed by atoms with Gasteiger partial charge < -0.3 is 0 Å². The number of sulfone groups is 1. The summed E-state index contributed by atoms with van der Waals surface area (Å²) in [4.78, 5) is 0. The first-order chi connectivity index (χ1) is 6.27. The van der Waals surface area contributed by atoms with Crippen molar-refractivity contribution in [3.8, 4) is 0 Å². The van der Waals surface area contributed by atoms with Gasteiger partial charge in [-0.3, -0.25) is 0 Å². The number of allylic oxidation sites excluding steroid dienone is 1. The summed E-state index contributed by atoms with van der Waals surface area (Å²) in [5, 5.41) is -1.69. The molecule has 0 rings (SSSR count). The van der Waals surface area contributed by atoms with Crippen LogP contribution in [0.15, 0.2) is 24.8 Å². The van der Waals surface area contributed by atoms with E-state index in [0.29, 0.717) is 6.42 Å². The number of hydrogen-bond acceptors (Lipinski definition) is 2. The van der Waals surface area contributed by atoms with E-state index in [2.05, 4.69) is 6.58 Å². The molecule has 0 saturated carbocycles. The minimum absolute atomic E-state index is 0.470. The molecule has 0 aliphatic rings. The number of alkyl halides is 3. The van der Waals surface area contributed by atoms with E-state index < -0.39 is 20.6 Å². The Balaban J connectivity index is 5.06. The average Bonchev–Trinajstić information content (AvgIpc) is 2.03. The second kappa shape index (κ2) is 4.63. The van der Waals surface area contributed by atoms with E-state index in [0.717, 1.165) is 12.2 Å². The largest absolute Gasteiger partial charge is 0.498 e. The van der Waals surface area contributed by atoms with Gasteiger partial charge in [-0.05, 0) is 6.42 Å². The van der Waals surface area contributed by atoms with Crippen molar-refractivity contribution in [2.24, 2.45) is 0 Å². The third-order valence-corrected chi connectivity index (χ3v) is 3.19. The Morgan fingerprint density at radius 1 is 1.43 bits per heavy atom. The van der Waals surface area contributed by atoms with Gasteiger partial charge >= 0.3 is 5.51 Å². The van der Waals surface area contributed by atoms with Crippen molar-refractivity contribution in [2.75, 3.05) is 0 Å². The van der Waals surface area contributed by atoms with E-state index >= 15 is 0 Å². The molecule has 6 heteroatoms. The van der Waals surface area contributed by atoms with Gasteiger partial charge in [-0.1, -0.05) is 25.2 Å². The first kappa shape index (κ1) is 13.2. The highest BCUT2D eigenvalue weighted by Gasteiger charge is 2.48. The summed E-state index contributed by atoms with van der Waals surface area (Å²) in [7, 11) is -5.17. The van der Waals surface area contributed by atoms with Gasteiger partial charge in [0.15, 0.2) is 0 Å². The van der Waals surface area contributed by atoms with Gasteiger partial charge in [-0.2, -0.15) is 13.2 Å². The maximum Gasteiger partial charge on any atom is 0.498 e. The Bertz CT molecular complexity index is 314. The lowest BCUT2D eigenvalue weighted by molar-refractivity contribution is -0.0437. The van der Waals surface area contributed by atoms with E-state index in [4.69, 9.17) is 0 Å². The van der Waals surface area contributed by atoms with Crippen molar-refractivity contribution >= 4 is 9.84 Å². The molecule has 0 aliphatic heterocycles. The molecule has 82 valence electrons. The van der Waals surface area contributed by atoms with Crippen LogP contribution >= 0.6 is 0 Å². The van der Waals surface area contributed by atoms with E-state index in [1.165, 1.54) is 6.08 Å². The molecule has 0 bridgehead atoms. The molecular formula is C8H11F3O2S. The number of hydrogen-bond donors (Lipinski definition) is 0. The van der Waals surface area contributed by atoms with Crippen LogP contribution < -0.4 is 0 Å². The average molecular weight is 228 g/mol. The Morgan fingerprint density at radius 2 is 1.93 bits per heavy atom. The van der Waals surface area contributed by atoms with Gasteiger partial charge in [0, 0.05) is 0 Å². The van der Waals surface area contributed by atoms with E-state index in [1.54, 1.807) is 6.92 Å². The zero-order chi connectivity index (χ0) is 11.4. The van der Waals surface area contributed by atoms with E-state index in [-0.39, 0.29) is 0 Å². The van der Waals surface area contributed by atoms with Gasteiger partial charge in [0.25, 0.3) is 9.84 Å². The van der Waals surface area contributed by atoms with Crippen molar-refractivity contribution in [2.45, 2.75) is 24.1 Å². The molecule has 0 heterocycles.